The van der Waals surface area contributed by atoms with Crippen LogP contribution >= 0.6 is 0 Å². The minimum Gasteiger partial charge on any atom is -0.469 e. The maximum absolute atomic E-state index is 11.1. The van der Waals surface area contributed by atoms with E-state index in [1.54, 1.807) is 13.2 Å². The maximum Gasteiger partial charge on any atom is 0.133 e. The Kier molecular flexibility index (Phi) is 3.09. The molecule has 0 aliphatic rings. The van der Waals surface area contributed by atoms with E-state index >= 15 is 0 Å². The Bertz CT molecular complexity index is 236. The van der Waals surface area contributed by atoms with E-state index in [4.69, 9.17) is 4.42 Å². The minimum atomic E-state index is 0.121. The van der Waals surface area contributed by atoms with Gasteiger partial charge in [-0.05, 0) is 25.5 Å². The van der Waals surface area contributed by atoms with Crippen LogP contribution in [0.25, 0.3) is 0 Å². The summed E-state index contributed by atoms with van der Waals surface area (Å²) in [4.78, 5) is 11.1. The second kappa shape index (κ2) is 4.10. The Morgan fingerprint density at radius 3 is 2.83 bits per heavy atom. The van der Waals surface area contributed by atoms with Gasteiger partial charge in [0.1, 0.15) is 11.5 Å². The van der Waals surface area contributed by atoms with E-state index in [-0.39, 0.29) is 11.7 Å². The first kappa shape index (κ1) is 9.04. The first-order valence-corrected chi connectivity index (χ1v) is 4.27. The summed E-state index contributed by atoms with van der Waals surface area (Å²) >= 11 is 0. The fourth-order valence-electron chi connectivity index (χ4n) is 1.25. The summed E-state index contributed by atoms with van der Waals surface area (Å²) in [6.45, 7) is 3.66. The third-order valence-corrected chi connectivity index (χ3v) is 2.10. The molecule has 0 saturated heterocycles. The van der Waals surface area contributed by atoms with Gasteiger partial charge in [0.25, 0.3) is 0 Å². The molecule has 1 rings (SSSR count). The van der Waals surface area contributed by atoms with Gasteiger partial charge < -0.3 is 4.42 Å². The average Bonchev–Trinajstić information content (AvgIpc) is 2.51. The van der Waals surface area contributed by atoms with E-state index in [0.29, 0.717) is 0 Å². The number of carbonyl (C=O) groups excluding carboxylic acids is 1. The van der Waals surface area contributed by atoms with Gasteiger partial charge >= 0.3 is 0 Å². The summed E-state index contributed by atoms with van der Waals surface area (Å²) in [5.41, 5.74) is 0. The first-order valence-electron chi connectivity index (χ1n) is 4.27. The third kappa shape index (κ3) is 2.22. The smallest absolute Gasteiger partial charge is 0.133 e. The van der Waals surface area contributed by atoms with Gasteiger partial charge in [-0.2, -0.15) is 0 Å². The lowest BCUT2D eigenvalue weighted by molar-refractivity contribution is -0.120. The molecule has 0 fully saturated rings. The minimum absolute atomic E-state index is 0.121. The van der Waals surface area contributed by atoms with Crippen molar-refractivity contribution in [1.82, 2.24) is 0 Å². The monoisotopic (exact) mass is 166 g/mol. The highest BCUT2D eigenvalue weighted by molar-refractivity contribution is 5.78. The van der Waals surface area contributed by atoms with Crippen molar-refractivity contribution in [2.75, 3.05) is 0 Å². The van der Waals surface area contributed by atoms with E-state index in [1.807, 2.05) is 19.1 Å². The highest BCUT2D eigenvalue weighted by atomic mass is 16.3. The number of furan rings is 1. The zero-order valence-corrected chi connectivity index (χ0v) is 7.54. The molecule has 2 heteroatoms. The summed E-state index contributed by atoms with van der Waals surface area (Å²) in [6.07, 6.45) is 3.26. The molecule has 0 aromatic carbocycles. The molecule has 1 aromatic rings. The predicted molar refractivity (Wildman–Crippen MR) is 46.9 cm³/mol. The molecule has 0 N–H and O–H groups in total. The Hall–Kier alpha value is -1.05. The molecule has 2 nitrogen and oxygen atoms in total. The van der Waals surface area contributed by atoms with E-state index in [2.05, 4.69) is 0 Å². The van der Waals surface area contributed by atoms with Crippen LogP contribution in [0, 0.1) is 5.92 Å². The Morgan fingerprint density at radius 1 is 1.67 bits per heavy atom. The SMILES string of the molecule is CCC(Cc1ccco1)C(C)=O. The van der Waals surface area contributed by atoms with E-state index in [9.17, 15) is 4.79 Å². The number of Topliss-reactive ketones (excluding diaryl/α,β-unsaturated/α-hetero) is 1. The standard InChI is InChI=1S/C10H14O2/c1-3-9(8(2)11)7-10-5-4-6-12-10/h4-6,9H,3,7H2,1-2H3. The van der Waals surface area contributed by atoms with Gasteiger partial charge in [0, 0.05) is 12.3 Å². The lowest BCUT2D eigenvalue weighted by atomic mass is 9.97. The van der Waals surface area contributed by atoms with Crippen LogP contribution in [0.5, 0.6) is 0 Å². The van der Waals surface area contributed by atoms with Crippen LogP contribution in [0.4, 0.5) is 0 Å². The van der Waals surface area contributed by atoms with Crippen LogP contribution in [0.2, 0.25) is 0 Å². The molecule has 0 bridgehead atoms. The van der Waals surface area contributed by atoms with Gasteiger partial charge in [-0.15, -0.1) is 0 Å². The van der Waals surface area contributed by atoms with Crippen LogP contribution in [0.15, 0.2) is 22.8 Å². The van der Waals surface area contributed by atoms with E-state index in [1.165, 1.54) is 0 Å². The number of hydrogen-bond donors (Lipinski definition) is 0. The highest BCUT2D eigenvalue weighted by Crippen LogP contribution is 2.13. The molecule has 0 amide bonds. The van der Waals surface area contributed by atoms with Crippen LogP contribution in [0.3, 0.4) is 0 Å². The third-order valence-electron chi connectivity index (χ3n) is 2.10. The molecule has 0 saturated carbocycles. The van der Waals surface area contributed by atoms with Gasteiger partial charge in [0.2, 0.25) is 0 Å². The topological polar surface area (TPSA) is 30.2 Å². The Labute approximate surface area is 72.6 Å². The number of ketones is 1. The van der Waals surface area contributed by atoms with Crippen molar-refractivity contribution in [3.05, 3.63) is 24.2 Å². The quantitative estimate of drug-likeness (QED) is 0.687. The second-order valence-electron chi connectivity index (χ2n) is 3.00. The van der Waals surface area contributed by atoms with Gasteiger partial charge in [-0.3, -0.25) is 4.79 Å². The summed E-state index contributed by atoms with van der Waals surface area (Å²) in [7, 11) is 0. The van der Waals surface area contributed by atoms with Crippen molar-refractivity contribution in [2.45, 2.75) is 26.7 Å². The van der Waals surface area contributed by atoms with Crippen LogP contribution in [-0.4, -0.2) is 5.78 Å². The highest BCUT2D eigenvalue weighted by Gasteiger charge is 2.13. The van der Waals surface area contributed by atoms with Gasteiger partial charge in [-0.1, -0.05) is 6.92 Å². The lowest BCUT2D eigenvalue weighted by Crippen LogP contribution is -2.12. The molecule has 1 aromatic heterocycles. The van der Waals surface area contributed by atoms with E-state index < -0.39 is 0 Å². The predicted octanol–water partition coefficient (Wildman–Crippen LogP) is 2.44. The fourth-order valence-corrected chi connectivity index (χ4v) is 1.25. The van der Waals surface area contributed by atoms with Crippen LogP contribution < -0.4 is 0 Å². The van der Waals surface area contributed by atoms with E-state index in [0.717, 1.165) is 18.6 Å². The first-order chi connectivity index (χ1) is 5.74. The zero-order chi connectivity index (χ0) is 8.97. The molecule has 1 atom stereocenters. The van der Waals surface area contributed by atoms with Crippen LogP contribution in [0.1, 0.15) is 26.0 Å². The molecule has 0 aliphatic heterocycles. The van der Waals surface area contributed by atoms with Crippen molar-refractivity contribution in [3.8, 4) is 0 Å². The summed E-state index contributed by atoms with van der Waals surface area (Å²) in [5.74, 6) is 1.27. The molecule has 0 radical (unpaired) electrons. The summed E-state index contributed by atoms with van der Waals surface area (Å²) < 4.78 is 5.16. The molecule has 1 heterocycles. The van der Waals surface area contributed by atoms with Gasteiger partial charge in [0.15, 0.2) is 0 Å². The number of hydrogen-bond acceptors (Lipinski definition) is 2. The maximum atomic E-state index is 11.1. The van der Waals surface area contributed by atoms with Crippen molar-refractivity contribution < 1.29 is 9.21 Å². The summed E-state index contributed by atoms with van der Waals surface area (Å²) in [6, 6.07) is 3.76. The zero-order valence-electron chi connectivity index (χ0n) is 7.54. The van der Waals surface area contributed by atoms with Crippen molar-refractivity contribution >= 4 is 5.78 Å². The molecule has 66 valence electrons. The molecular formula is C10H14O2. The number of carbonyl (C=O) groups is 1. The largest absolute Gasteiger partial charge is 0.469 e. The second-order valence-corrected chi connectivity index (χ2v) is 3.00. The molecule has 0 spiro atoms. The van der Waals surface area contributed by atoms with Gasteiger partial charge in [-0.25, -0.2) is 0 Å². The average molecular weight is 166 g/mol. The summed E-state index contributed by atoms with van der Waals surface area (Å²) in [5, 5.41) is 0. The molecule has 12 heavy (non-hydrogen) atoms. The Balaban J connectivity index is 2.54. The molecule has 0 aliphatic carbocycles. The number of rotatable bonds is 4. The Morgan fingerprint density at radius 2 is 2.42 bits per heavy atom. The van der Waals surface area contributed by atoms with Crippen molar-refractivity contribution in [1.29, 1.82) is 0 Å². The van der Waals surface area contributed by atoms with Crippen molar-refractivity contribution in [2.24, 2.45) is 5.92 Å². The lowest BCUT2D eigenvalue weighted by Gasteiger charge is -2.07. The van der Waals surface area contributed by atoms with Crippen LogP contribution in [-0.2, 0) is 11.2 Å². The van der Waals surface area contributed by atoms with Gasteiger partial charge in [0.05, 0.1) is 6.26 Å². The fraction of sp³-hybridized carbons (Fsp3) is 0.500. The normalized spacial score (nSPS) is 12.8. The van der Waals surface area contributed by atoms with Crippen molar-refractivity contribution in [3.63, 3.8) is 0 Å². The molecule has 1 unspecified atom stereocenters. The molecular weight excluding hydrogens is 152 g/mol.